The second-order valence-electron chi connectivity index (χ2n) is 8.77. The van der Waals surface area contributed by atoms with Crippen LogP contribution in [0.4, 0.5) is 0 Å². The van der Waals surface area contributed by atoms with Crippen molar-refractivity contribution in [1.29, 1.82) is 0 Å². The van der Waals surface area contributed by atoms with Crippen molar-refractivity contribution in [2.75, 3.05) is 26.2 Å². The topological polar surface area (TPSA) is 65.1 Å². The minimum Gasteiger partial charge on any atom is -0.306 e. The van der Waals surface area contributed by atoms with Crippen molar-refractivity contribution in [3.63, 3.8) is 0 Å². The normalized spacial score (nSPS) is 18.1. The van der Waals surface area contributed by atoms with Crippen molar-refractivity contribution in [2.45, 2.75) is 32.4 Å². The average Bonchev–Trinajstić information content (AvgIpc) is 2.81. The summed E-state index contributed by atoms with van der Waals surface area (Å²) < 4.78 is 0. The number of aromatic amines is 1. The van der Waals surface area contributed by atoms with Gasteiger partial charge >= 0.3 is 0 Å². The number of hydrogen-bond acceptors (Lipinski definition) is 5. The molecule has 2 aliphatic rings. The number of pyridine rings is 1. The lowest BCUT2D eigenvalue weighted by molar-refractivity contribution is 0.131. The number of benzene rings is 1. The lowest BCUT2D eigenvalue weighted by atomic mass is 9.94. The van der Waals surface area contributed by atoms with E-state index in [0.717, 1.165) is 68.4 Å². The minimum atomic E-state index is 0.00526. The zero-order valence-electron chi connectivity index (χ0n) is 17.8. The highest BCUT2D eigenvalue weighted by Gasteiger charge is 2.26. The van der Waals surface area contributed by atoms with E-state index in [1.54, 1.807) is 12.4 Å². The number of piperidine rings is 1. The average molecular weight is 416 g/mol. The Kier molecular flexibility index (Phi) is 5.91. The summed E-state index contributed by atoms with van der Waals surface area (Å²) in [5.41, 5.74) is 4.09. The number of hydrogen-bond donors (Lipinski definition) is 1. The van der Waals surface area contributed by atoms with Crippen LogP contribution in [0.3, 0.4) is 0 Å². The number of aromatic nitrogens is 3. The summed E-state index contributed by atoms with van der Waals surface area (Å²) in [6.07, 6.45) is 6.71. The van der Waals surface area contributed by atoms with Gasteiger partial charge in [0.15, 0.2) is 0 Å². The molecule has 0 saturated carbocycles. The molecule has 160 valence electrons. The molecule has 4 heterocycles. The maximum Gasteiger partial charge on any atom is 0.254 e. The lowest BCUT2D eigenvalue weighted by Crippen LogP contribution is -2.41. The van der Waals surface area contributed by atoms with Gasteiger partial charge in [0.05, 0.1) is 5.69 Å². The van der Waals surface area contributed by atoms with E-state index in [9.17, 15) is 4.79 Å². The summed E-state index contributed by atoms with van der Waals surface area (Å²) in [6, 6.07) is 14.5. The molecule has 1 aromatic carbocycles. The van der Waals surface area contributed by atoms with E-state index in [1.807, 2.05) is 12.1 Å². The third-order valence-electron chi connectivity index (χ3n) is 6.58. The van der Waals surface area contributed by atoms with E-state index in [0.29, 0.717) is 5.82 Å². The highest BCUT2D eigenvalue weighted by molar-refractivity contribution is 5.54. The SMILES string of the molecule is O=c1[nH]c(-c2ccncc2)nc2c1CCN(CC1CCN(Cc3ccccc3)CC1)C2. The Morgan fingerprint density at radius 1 is 0.968 bits per heavy atom. The number of rotatable bonds is 5. The second kappa shape index (κ2) is 9.12. The molecule has 1 fully saturated rings. The number of nitrogens with one attached hydrogen (secondary N) is 1. The maximum atomic E-state index is 12.6. The molecule has 5 rings (SSSR count). The van der Waals surface area contributed by atoms with Crippen LogP contribution in [0.15, 0.2) is 59.7 Å². The Morgan fingerprint density at radius 3 is 2.52 bits per heavy atom. The quantitative estimate of drug-likeness (QED) is 0.694. The molecule has 2 aromatic heterocycles. The molecule has 6 heteroatoms. The minimum absolute atomic E-state index is 0.00526. The fraction of sp³-hybridized carbons (Fsp3) is 0.400. The first-order valence-electron chi connectivity index (χ1n) is 11.3. The first kappa shape index (κ1) is 20.1. The van der Waals surface area contributed by atoms with Crippen LogP contribution in [0.5, 0.6) is 0 Å². The van der Waals surface area contributed by atoms with Gasteiger partial charge in [-0.3, -0.25) is 19.6 Å². The summed E-state index contributed by atoms with van der Waals surface area (Å²) in [5.74, 6) is 1.36. The first-order valence-corrected chi connectivity index (χ1v) is 11.3. The Bertz CT molecular complexity index is 1060. The Morgan fingerprint density at radius 2 is 1.74 bits per heavy atom. The molecule has 0 spiro atoms. The van der Waals surface area contributed by atoms with Crippen LogP contribution in [0, 0.1) is 5.92 Å². The van der Waals surface area contributed by atoms with Crippen molar-refractivity contribution in [2.24, 2.45) is 5.92 Å². The standard InChI is InChI=1S/C25H29N5O/c31-25-22-10-15-30(18-23(22)27-24(28-25)21-6-11-26-12-7-21)17-20-8-13-29(14-9-20)16-19-4-2-1-3-5-19/h1-7,11-12,20H,8-10,13-18H2,(H,27,28,31). The number of nitrogens with zero attached hydrogens (tertiary/aromatic N) is 4. The Hall–Kier alpha value is -2.83. The zero-order valence-corrected chi connectivity index (χ0v) is 17.8. The monoisotopic (exact) mass is 415 g/mol. The van der Waals surface area contributed by atoms with Gasteiger partial charge in [0.25, 0.3) is 5.56 Å². The van der Waals surface area contributed by atoms with Gasteiger partial charge in [0.1, 0.15) is 5.82 Å². The van der Waals surface area contributed by atoms with E-state index in [-0.39, 0.29) is 5.56 Å². The predicted octanol–water partition coefficient (Wildman–Crippen LogP) is 3.10. The molecule has 1 N–H and O–H groups in total. The Balaban J connectivity index is 1.20. The Labute approximate surface area is 183 Å². The second-order valence-corrected chi connectivity index (χ2v) is 8.77. The first-order chi connectivity index (χ1) is 15.2. The van der Waals surface area contributed by atoms with Gasteiger partial charge in [-0.05, 0) is 56.0 Å². The van der Waals surface area contributed by atoms with Gasteiger partial charge in [0.2, 0.25) is 0 Å². The van der Waals surface area contributed by atoms with Crippen molar-refractivity contribution in [1.82, 2.24) is 24.8 Å². The molecule has 2 aliphatic heterocycles. The fourth-order valence-electron chi connectivity index (χ4n) is 4.83. The molecule has 6 nitrogen and oxygen atoms in total. The van der Waals surface area contributed by atoms with Gasteiger partial charge in [-0.25, -0.2) is 4.98 Å². The molecule has 0 unspecified atom stereocenters. The molecular weight excluding hydrogens is 386 g/mol. The summed E-state index contributed by atoms with van der Waals surface area (Å²) in [7, 11) is 0. The van der Waals surface area contributed by atoms with Crippen LogP contribution in [-0.4, -0.2) is 50.9 Å². The highest BCUT2D eigenvalue weighted by atomic mass is 16.1. The number of fused-ring (bicyclic) bond motifs is 1. The lowest BCUT2D eigenvalue weighted by Gasteiger charge is -2.36. The van der Waals surface area contributed by atoms with Crippen LogP contribution >= 0.6 is 0 Å². The molecule has 0 amide bonds. The summed E-state index contributed by atoms with van der Waals surface area (Å²) in [5, 5.41) is 0. The highest BCUT2D eigenvalue weighted by Crippen LogP contribution is 2.23. The van der Waals surface area contributed by atoms with Crippen molar-refractivity contribution in [3.05, 3.63) is 82.0 Å². The summed E-state index contributed by atoms with van der Waals surface area (Å²) in [6.45, 7) is 6.17. The van der Waals surface area contributed by atoms with Crippen LogP contribution < -0.4 is 5.56 Å². The van der Waals surface area contributed by atoms with Crippen molar-refractivity contribution in [3.8, 4) is 11.4 Å². The van der Waals surface area contributed by atoms with Crippen molar-refractivity contribution < 1.29 is 0 Å². The third-order valence-corrected chi connectivity index (χ3v) is 6.58. The maximum absolute atomic E-state index is 12.6. The molecule has 1 saturated heterocycles. The van der Waals surface area contributed by atoms with Crippen LogP contribution in [0.2, 0.25) is 0 Å². The number of likely N-dealkylation sites (tertiary alicyclic amines) is 1. The van der Waals surface area contributed by atoms with E-state index in [2.05, 4.69) is 50.1 Å². The zero-order chi connectivity index (χ0) is 21.0. The van der Waals surface area contributed by atoms with E-state index >= 15 is 0 Å². The predicted molar refractivity (Wildman–Crippen MR) is 122 cm³/mol. The van der Waals surface area contributed by atoms with E-state index < -0.39 is 0 Å². The van der Waals surface area contributed by atoms with Gasteiger partial charge in [-0.1, -0.05) is 30.3 Å². The van der Waals surface area contributed by atoms with E-state index in [1.165, 1.54) is 18.4 Å². The van der Waals surface area contributed by atoms with Crippen LogP contribution in [-0.2, 0) is 19.5 Å². The fourth-order valence-corrected chi connectivity index (χ4v) is 4.83. The van der Waals surface area contributed by atoms with Gasteiger partial charge in [0, 0.05) is 49.7 Å². The van der Waals surface area contributed by atoms with Gasteiger partial charge in [-0.15, -0.1) is 0 Å². The molecule has 0 atom stereocenters. The molecule has 0 radical (unpaired) electrons. The molecular formula is C25H29N5O. The molecule has 3 aromatic rings. The van der Waals surface area contributed by atoms with Crippen LogP contribution in [0.1, 0.15) is 29.7 Å². The van der Waals surface area contributed by atoms with Gasteiger partial charge < -0.3 is 4.98 Å². The van der Waals surface area contributed by atoms with Gasteiger partial charge in [-0.2, -0.15) is 0 Å². The molecule has 0 aliphatic carbocycles. The third kappa shape index (κ3) is 4.75. The smallest absolute Gasteiger partial charge is 0.254 e. The number of H-pyrrole nitrogens is 1. The summed E-state index contributed by atoms with van der Waals surface area (Å²) in [4.78, 5) is 29.5. The molecule has 0 bridgehead atoms. The van der Waals surface area contributed by atoms with Crippen LogP contribution in [0.25, 0.3) is 11.4 Å². The van der Waals surface area contributed by atoms with Crippen molar-refractivity contribution >= 4 is 0 Å². The summed E-state index contributed by atoms with van der Waals surface area (Å²) >= 11 is 0. The molecule has 31 heavy (non-hydrogen) atoms. The largest absolute Gasteiger partial charge is 0.306 e. The van der Waals surface area contributed by atoms with E-state index in [4.69, 9.17) is 4.98 Å².